The van der Waals surface area contributed by atoms with E-state index in [1.807, 2.05) is 6.07 Å². The molecule has 1 aliphatic carbocycles. The van der Waals surface area contributed by atoms with Crippen LogP contribution in [0.3, 0.4) is 0 Å². The third kappa shape index (κ3) is 2.02. The van der Waals surface area contributed by atoms with Crippen molar-refractivity contribution in [2.45, 2.75) is 37.4 Å². The van der Waals surface area contributed by atoms with Crippen molar-refractivity contribution in [2.24, 2.45) is 0 Å². The Morgan fingerprint density at radius 3 is 2.33 bits per heavy atom. The number of Topliss-reactive ketones (excluding diaryl/α,β-unsaturated/α-hetero) is 1. The molecule has 1 aliphatic heterocycles. The molecule has 0 N–H and O–H groups in total. The summed E-state index contributed by atoms with van der Waals surface area (Å²) in [6, 6.07) is 18.9. The zero-order valence-electron chi connectivity index (χ0n) is 11.9. The first-order valence-corrected chi connectivity index (χ1v) is 7.62. The minimum Gasteiger partial charge on any atom is -0.358 e. The Bertz CT molecular complexity index is 665. The molecule has 2 aliphatic rings. The summed E-state index contributed by atoms with van der Waals surface area (Å²) in [6.45, 7) is 0. The molecule has 1 unspecified atom stereocenters. The normalized spacial score (nSPS) is 23.2. The van der Waals surface area contributed by atoms with Gasteiger partial charge in [-0.25, -0.2) is 0 Å². The Labute approximate surface area is 124 Å². The zero-order valence-corrected chi connectivity index (χ0v) is 11.9. The van der Waals surface area contributed by atoms with Crippen LogP contribution >= 0.6 is 0 Å². The van der Waals surface area contributed by atoms with Gasteiger partial charge in [-0.1, -0.05) is 54.6 Å². The summed E-state index contributed by atoms with van der Waals surface area (Å²) in [4.78, 5) is 11.6. The Morgan fingerprint density at radius 2 is 1.57 bits per heavy atom. The van der Waals surface area contributed by atoms with E-state index >= 15 is 0 Å². The van der Waals surface area contributed by atoms with E-state index in [-0.39, 0.29) is 11.7 Å². The van der Waals surface area contributed by atoms with Gasteiger partial charge in [-0.15, -0.1) is 0 Å². The average molecular weight is 278 g/mol. The summed E-state index contributed by atoms with van der Waals surface area (Å²) in [5.74, 6) is 0.366. The fourth-order valence-electron chi connectivity index (χ4n) is 3.69. The lowest BCUT2D eigenvalue weighted by Crippen LogP contribution is -2.31. The predicted octanol–water partition coefficient (Wildman–Crippen LogP) is 4.14. The molecule has 2 heteroatoms. The third-order valence-corrected chi connectivity index (χ3v) is 4.80. The summed E-state index contributed by atoms with van der Waals surface area (Å²) in [5, 5.41) is 0. The van der Waals surface area contributed by atoms with Crippen LogP contribution in [0.2, 0.25) is 0 Å². The smallest absolute Gasteiger partial charge is 0.133 e. The van der Waals surface area contributed by atoms with Gasteiger partial charge in [0.15, 0.2) is 0 Å². The van der Waals surface area contributed by atoms with Crippen LogP contribution in [0.15, 0.2) is 54.6 Å². The second kappa shape index (κ2) is 4.81. The van der Waals surface area contributed by atoms with Gasteiger partial charge >= 0.3 is 0 Å². The van der Waals surface area contributed by atoms with Crippen LogP contribution < -0.4 is 0 Å². The summed E-state index contributed by atoms with van der Waals surface area (Å²) in [5.41, 5.74) is 3.48. The largest absolute Gasteiger partial charge is 0.358 e. The number of benzene rings is 2. The number of fused-ring (bicyclic) bond motifs is 2. The van der Waals surface area contributed by atoms with Crippen molar-refractivity contribution in [3.05, 3.63) is 71.3 Å². The molecule has 0 radical (unpaired) electrons. The number of carbonyl (C=O) groups excluding carboxylic acids is 1. The van der Waals surface area contributed by atoms with Crippen LogP contribution in [0.25, 0.3) is 0 Å². The van der Waals surface area contributed by atoms with Gasteiger partial charge in [-0.3, -0.25) is 4.79 Å². The van der Waals surface area contributed by atoms with Crippen molar-refractivity contribution in [3.8, 4) is 0 Å². The molecule has 1 spiro atoms. The number of rotatable bonds is 1. The molecule has 2 aromatic carbocycles. The van der Waals surface area contributed by atoms with Crippen LogP contribution in [0.5, 0.6) is 0 Å². The van der Waals surface area contributed by atoms with Crippen molar-refractivity contribution in [1.82, 2.24) is 0 Å². The Morgan fingerprint density at radius 1 is 0.905 bits per heavy atom. The molecule has 106 valence electrons. The van der Waals surface area contributed by atoms with Gasteiger partial charge in [0.1, 0.15) is 11.9 Å². The van der Waals surface area contributed by atoms with Crippen molar-refractivity contribution < 1.29 is 9.53 Å². The van der Waals surface area contributed by atoms with Gasteiger partial charge in [0.2, 0.25) is 0 Å². The maximum absolute atomic E-state index is 11.6. The van der Waals surface area contributed by atoms with E-state index in [4.69, 9.17) is 4.74 Å². The van der Waals surface area contributed by atoms with E-state index < -0.39 is 0 Å². The van der Waals surface area contributed by atoms with E-state index in [9.17, 15) is 4.79 Å². The first-order chi connectivity index (χ1) is 10.3. The molecular weight excluding hydrogens is 260 g/mol. The fraction of sp³-hybridized carbons (Fsp3) is 0.316. The first kappa shape index (κ1) is 12.8. The van der Waals surface area contributed by atoms with Crippen LogP contribution in [-0.2, 0) is 15.1 Å². The maximum Gasteiger partial charge on any atom is 0.133 e. The number of ether oxygens (including phenoxy) is 1. The lowest BCUT2D eigenvalue weighted by atomic mass is 9.78. The third-order valence-electron chi connectivity index (χ3n) is 4.80. The molecule has 2 nitrogen and oxygen atoms in total. The van der Waals surface area contributed by atoms with Crippen molar-refractivity contribution in [3.63, 3.8) is 0 Å². The summed E-state index contributed by atoms with van der Waals surface area (Å²) in [6.07, 6.45) is 2.89. The molecule has 1 fully saturated rings. The minimum absolute atomic E-state index is 0.00407. The molecule has 1 atom stereocenters. The molecule has 0 bridgehead atoms. The van der Waals surface area contributed by atoms with Gasteiger partial charge in [-0.05, 0) is 29.5 Å². The van der Waals surface area contributed by atoms with Crippen LogP contribution in [0, 0.1) is 0 Å². The van der Waals surface area contributed by atoms with Gasteiger partial charge in [0, 0.05) is 12.8 Å². The van der Waals surface area contributed by atoms with Crippen LogP contribution in [0.4, 0.5) is 0 Å². The molecule has 21 heavy (non-hydrogen) atoms. The predicted molar refractivity (Wildman–Crippen MR) is 81.0 cm³/mol. The highest BCUT2D eigenvalue weighted by Gasteiger charge is 2.46. The molecule has 2 aromatic rings. The maximum atomic E-state index is 11.6. The molecule has 1 heterocycles. The van der Waals surface area contributed by atoms with Gasteiger partial charge in [-0.2, -0.15) is 0 Å². The van der Waals surface area contributed by atoms with Crippen molar-refractivity contribution >= 4 is 5.78 Å². The number of hydrogen-bond donors (Lipinski definition) is 0. The van der Waals surface area contributed by atoms with Gasteiger partial charge in [0.25, 0.3) is 0 Å². The highest BCUT2D eigenvalue weighted by Crippen LogP contribution is 2.52. The highest BCUT2D eigenvalue weighted by molar-refractivity contribution is 5.79. The fourth-order valence-corrected chi connectivity index (χ4v) is 3.69. The van der Waals surface area contributed by atoms with Crippen molar-refractivity contribution in [1.29, 1.82) is 0 Å². The van der Waals surface area contributed by atoms with Crippen LogP contribution in [0.1, 0.15) is 48.5 Å². The Balaban J connectivity index is 1.79. The number of hydrogen-bond acceptors (Lipinski definition) is 2. The van der Waals surface area contributed by atoms with Gasteiger partial charge < -0.3 is 4.74 Å². The van der Waals surface area contributed by atoms with Crippen molar-refractivity contribution in [2.75, 3.05) is 0 Å². The van der Waals surface area contributed by atoms with E-state index in [1.165, 1.54) is 16.7 Å². The van der Waals surface area contributed by atoms with E-state index in [0.717, 1.165) is 12.8 Å². The van der Waals surface area contributed by atoms with Gasteiger partial charge in [0.05, 0.1) is 5.60 Å². The highest BCUT2D eigenvalue weighted by atomic mass is 16.5. The first-order valence-electron chi connectivity index (χ1n) is 7.62. The quantitative estimate of drug-likeness (QED) is 0.783. The summed E-state index contributed by atoms with van der Waals surface area (Å²) < 4.78 is 6.54. The monoisotopic (exact) mass is 278 g/mol. The average Bonchev–Trinajstić information content (AvgIpc) is 2.87. The zero-order chi connectivity index (χ0) is 14.3. The van der Waals surface area contributed by atoms with E-state index in [0.29, 0.717) is 18.6 Å². The molecule has 0 saturated heterocycles. The summed E-state index contributed by atoms with van der Waals surface area (Å²) >= 11 is 0. The topological polar surface area (TPSA) is 26.3 Å². The van der Waals surface area contributed by atoms with Crippen LogP contribution in [-0.4, -0.2) is 5.78 Å². The lowest BCUT2D eigenvalue weighted by Gasteiger charge is -2.33. The number of ketones is 1. The molecule has 1 saturated carbocycles. The molecular formula is C19H18O2. The minimum atomic E-state index is -0.259. The standard InChI is InChI=1S/C19H18O2/c20-15-10-12-19(13-11-15)17-9-5-4-8-16(17)18(21-19)14-6-2-1-3-7-14/h1-9,18H,10-13H2. The molecule has 4 rings (SSSR count). The summed E-state index contributed by atoms with van der Waals surface area (Å²) in [7, 11) is 0. The molecule has 0 amide bonds. The molecule has 0 aromatic heterocycles. The Kier molecular flexibility index (Phi) is 2.93. The van der Waals surface area contributed by atoms with E-state index in [2.05, 4.69) is 48.5 Å². The Hall–Kier alpha value is -1.93. The van der Waals surface area contributed by atoms with E-state index in [1.54, 1.807) is 0 Å². The second-order valence-corrected chi connectivity index (χ2v) is 6.03. The SMILES string of the molecule is O=C1CCC2(CC1)OC(c1ccccc1)c1ccccc12. The second-order valence-electron chi connectivity index (χ2n) is 6.03. The number of carbonyl (C=O) groups is 1. The lowest BCUT2D eigenvalue weighted by molar-refractivity contribution is -0.131.